The van der Waals surface area contributed by atoms with Crippen molar-refractivity contribution in [2.45, 2.75) is 51.0 Å². The van der Waals surface area contributed by atoms with Crippen molar-refractivity contribution in [3.05, 3.63) is 29.3 Å². The number of fused-ring (bicyclic) bond motifs is 3. The van der Waals surface area contributed by atoms with E-state index in [1.54, 1.807) is 7.11 Å². The lowest BCUT2D eigenvalue weighted by Crippen LogP contribution is -2.52. The van der Waals surface area contributed by atoms with Crippen molar-refractivity contribution in [3.8, 4) is 5.75 Å². The zero-order chi connectivity index (χ0) is 15.3. The van der Waals surface area contributed by atoms with Crippen LogP contribution < -0.4 is 4.74 Å². The molecule has 2 aliphatic carbocycles. The van der Waals surface area contributed by atoms with Crippen LogP contribution in [0.25, 0.3) is 0 Å². The predicted octanol–water partition coefficient (Wildman–Crippen LogP) is 3.19. The van der Waals surface area contributed by atoms with Crippen molar-refractivity contribution in [3.63, 3.8) is 0 Å². The molecule has 0 aromatic heterocycles. The Kier molecular flexibility index (Phi) is 3.53. The second kappa shape index (κ2) is 4.99. The number of hydrogen-bond acceptors (Lipinski definition) is 3. The van der Waals surface area contributed by atoms with Crippen molar-refractivity contribution >= 4 is 0 Å². The summed E-state index contributed by atoms with van der Waals surface area (Å²) >= 11 is 0. The fraction of sp³-hybridized carbons (Fsp3) is 0.667. The summed E-state index contributed by atoms with van der Waals surface area (Å²) in [5, 5.41) is 20.9. The van der Waals surface area contributed by atoms with Crippen LogP contribution in [0.3, 0.4) is 0 Å². The Morgan fingerprint density at radius 1 is 1.29 bits per heavy atom. The van der Waals surface area contributed by atoms with Gasteiger partial charge in [-0.1, -0.05) is 26.3 Å². The Bertz CT molecular complexity index is 537. The van der Waals surface area contributed by atoms with Crippen LogP contribution in [0.1, 0.15) is 56.8 Å². The van der Waals surface area contributed by atoms with Crippen LogP contribution in [0, 0.1) is 11.3 Å². The number of hydrogen-bond donors (Lipinski definition) is 2. The molecule has 1 saturated carbocycles. The van der Waals surface area contributed by atoms with E-state index >= 15 is 0 Å². The quantitative estimate of drug-likeness (QED) is 0.879. The number of ether oxygens (including phenoxy) is 1. The Balaban J connectivity index is 2.19. The Labute approximate surface area is 127 Å². The van der Waals surface area contributed by atoms with Crippen molar-refractivity contribution in [1.29, 1.82) is 0 Å². The Morgan fingerprint density at radius 3 is 2.71 bits per heavy atom. The summed E-state index contributed by atoms with van der Waals surface area (Å²) in [5.41, 5.74) is 1.98. The highest BCUT2D eigenvalue weighted by Gasteiger charge is 2.54. The molecular weight excluding hydrogens is 264 g/mol. The normalized spacial score (nSPS) is 34.0. The molecule has 21 heavy (non-hydrogen) atoms. The van der Waals surface area contributed by atoms with Crippen LogP contribution in [-0.2, 0) is 5.41 Å². The van der Waals surface area contributed by atoms with E-state index in [0.717, 1.165) is 42.6 Å². The summed E-state index contributed by atoms with van der Waals surface area (Å²) < 4.78 is 5.37. The minimum absolute atomic E-state index is 0.142. The first-order valence-corrected chi connectivity index (χ1v) is 7.92. The fourth-order valence-corrected chi connectivity index (χ4v) is 4.83. The van der Waals surface area contributed by atoms with E-state index in [1.165, 1.54) is 0 Å². The fourth-order valence-electron chi connectivity index (χ4n) is 4.83. The minimum atomic E-state index is -0.437. The van der Waals surface area contributed by atoms with Crippen molar-refractivity contribution in [1.82, 2.24) is 0 Å². The highest BCUT2D eigenvalue weighted by atomic mass is 16.5. The first-order valence-electron chi connectivity index (χ1n) is 7.92. The van der Waals surface area contributed by atoms with E-state index in [4.69, 9.17) is 4.74 Å². The first-order chi connectivity index (χ1) is 9.94. The Hall–Kier alpha value is -1.06. The number of benzene rings is 1. The molecule has 0 amide bonds. The van der Waals surface area contributed by atoms with Crippen molar-refractivity contribution < 1.29 is 14.9 Å². The van der Waals surface area contributed by atoms with Crippen LogP contribution in [-0.4, -0.2) is 23.9 Å². The predicted molar refractivity (Wildman–Crippen MR) is 82.5 cm³/mol. The van der Waals surface area contributed by atoms with E-state index in [-0.39, 0.29) is 17.4 Å². The highest BCUT2D eigenvalue weighted by molar-refractivity contribution is 5.45. The maximum absolute atomic E-state index is 10.6. The van der Waals surface area contributed by atoms with Gasteiger partial charge in [-0.05, 0) is 53.9 Å². The summed E-state index contributed by atoms with van der Waals surface area (Å²) in [6.45, 7) is 4.70. The molecule has 0 bridgehead atoms. The maximum atomic E-state index is 10.6. The third-order valence-electron chi connectivity index (χ3n) is 5.95. The van der Waals surface area contributed by atoms with Crippen LogP contribution in [0.4, 0.5) is 0 Å². The maximum Gasteiger partial charge on any atom is 0.119 e. The van der Waals surface area contributed by atoms with Crippen LogP contribution in [0.2, 0.25) is 0 Å². The molecule has 116 valence electrons. The zero-order valence-electron chi connectivity index (χ0n) is 13.2. The lowest BCUT2D eigenvalue weighted by molar-refractivity contribution is -0.0385. The number of rotatable bonds is 2. The molecule has 2 aliphatic rings. The lowest BCUT2D eigenvalue weighted by Gasteiger charge is -2.56. The molecule has 1 aromatic carbocycles. The molecule has 0 heterocycles. The van der Waals surface area contributed by atoms with E-state index in [1.807, 2.05) is 18.2 Å². The molecule has 3 heteroatoms. The van der Waals surface area contributed by atoms with E-state index in [9.17, 15) is 10.2 Å². The summed E-state index contributed by atoms with van der Waals surface area (Å²) in [7, 11) is 1.66. The van der Waals surface area contributed by atoms with Crippen LogP contribution >= 0.6 is 0 Å². The van der Waals surface area contributed by atoms with E-state index < -0.39 is 6.10 Å². The third-order valence-corrected chi connectivity index (χ3v) is 5.95. The summed E-state index contributed by atoms with van der Waals surface area (Å²) in [6.07, 6.45) is 3.58. The van der Waals surface area contributed by atoms with Gasteiger partial charge in [0.25, 0.3) is 0 Å². The van der Waals surface area contributed by atoms with Crippen molar-refractivity contribution in [2.75, 3.05) is 13.7 Å². The molecule has 1 unspecified atom stereocenters. The second-order valence-corrected chi connectivity index (χ2v) is 7.41. The molecule has 2 N–H and O–H groups in total. The van der Waals surface area contributed by atoms with Gasteiger partial charge in [-0.15, -0.1) is 0 Å². The molecule has 0 saturated heterocycles. The summed E-state index contributed by atoms with van der Waals surface area (Å²) in [5.74, 6) is 1.11. The largest absolute Gasteiger partial charge is 0.497 e. The first kappa shape index (κ1) is 14.9. The molecule has 0 spiro atoms. The lowest BCUT2D eigenvalue weighted by atomic mass is 9.49. The zero-order valence-corrected chi connectivity index (χ0v) is 13.2. The second-order valence-electron chi connectivity index (χ2n) is 7.41. The summed E-state index contributed by atoms with van der Waals surface area (Å²) in [4.78, 5) is 0. The monoisotopic (exact) mass is 290 g/mol. The molecule has 3 nitrogen and oxygen atoms in total. The average Bonchev–Trinajstić information content (AvgIpc) is 2.48. The van der Waals surface area contributed by atoms with Crippen molar-refractivity contribution in [2.24, 2.45) is 11.3 Å². The smallest absolute Gasteiger partial charge is 0.119 e. The van der Waals surface area contributed by atoms with E-state index in [2.05, 4.69) is 13.8 Å². The molecule has 1 aromatic rings. The van der Waals surface area contributed by atoms with Crippen LogP contribution in [0.5, 0.6) is 5.75 Å². The third kappa shape index (κ3) is 2.09. The summed E-state index contributed by atoms with van der Waals surface area (Å²) in [6, 6.07) is 5.90. The van der Waals surface area contributed by atoms with Gasteiger partial charge in [0.15, 0.2) is 0 Å². The average molecular weight is 290 g/mol. The highest BCUT2D eigenvalue weighted by Crippen LogP contribution is 2.59. The van der Waals surface area contributed by atoms with Gasteiger partial charge in [0.2, 0.25) is 0 Å². The topological polar surface area (TPSA) is 49.7 Å². The molecule has 0 aliphatic heterocycles. The van der Waals surface area contributed by atoms with E-state index in [0.29, 0.717) is 5.92 Å². The molecule has 0 radical (unpaired) electrons. The van der Waals surface area contributed by atoms with Gasteiger partial charge in [0, 0.05) is 5.41 Å². The molecule has 1 fully saturated rings. The molecular formula is C18H26O3. The van der Waals surface area contributed by atoms with Gasteiger partial charge in [-0.2, -0.15) is 0 Å². The van der Waals surface area contributed by atoms with Gasteiger partial charge in [-0.3, -0.25) is 0 Å². The number of methoxy groups -OCH3 is 1. The molecule has 3 rings (SSSR count). The van der Waals surface area contributed by atoms with Gasteiger partial charge in [0.05, 0.1) is 19.8 Å². The standard InChI is InChI=1S/C18H26O3/c1-17(2)7-4-8-18(11-19)14-9-12(21-3)5-6-13(14)15(20)10-16(17)18/h5-6,9,15-16,19-20H,4,7-8,10-11H2,1-3H3/t15?,16-,18+/m0/s1. The van der Waals surface area contributed by atoms with Gasteiger partial charge < -0.3 is 14.9 Å². The van der Waals surface area contributed by atoms with Gasteiger partial charge in [-0.25, -0.2) is 0 Å². The number of aliphatic hydroxyl groups is 2. The van der Waals surface area contributed by atoms with Crippen LogP contribution in [0.15, 0.2) is 18.2 Å². The van der Waals surface area contributed by atoms with Gasteiger partial charge >= 0.3 is 0 Å². The van der Waals surface area contributed by atoms with Gasteiger partial charge in [0.1, 0.15) is 5.75 Å². The molecule has 3 atom stereocenters. The Morgan fingerprint density at radius 2 is 2.05 bits per heavy atom. The number of aliphatic hydroxyl groups excluding tert-OH is 2. The minimum Gasteiger partial charge on any atom is -0.497 e. The SMILES string of the molecule is COc1ccc2c(c1)[C@]1(CO)CCCC(C)(C)[C@@H]1CC2O.